The first kappa shape index (κ1) is 13.2. The van der Waals surface area contributed by atoms with Gasteiger partial charge in [0.05, 0.1) is 0 Å². The maximum atomic E-state index is 13.1. The smallest absolute Gasteiger partial charge is 0.163 e. The first-order chi connectivity index (χ1) is 8.66. The Morgan fingerprint density at radius 1 is 1.44 bits per heavy atom. The van der Waals surface area contributed by atoms with Crippen molar-refractivity contribution in [1.82, 2.24) is 5.32 Å². The molecule has 18 heavy (non-hydrogen) atoms. The number of carbonyl (C=O) groups excluding carboxylic acids is 1. The van der Waals surface area contributed by atoms with Crippen molar-refractivity contribution in [2.75, 3.05) is 6.54 Å². The zero-order valence-corrected chi connectivity index (χ0v) is 10.8. The second-order valence-electron chi connectivity index (χ2n) is 5.07. The SMILES string of the molecule is Cc1ccc(F)cc1C(=O)CCC1CCCCN1. The van der Waals surface area contributed by atoms with Gasteiger partial charge in [-0.2, -0.15) is 0 Å². The predicted octanol–water partition coefficient (Wildman–Crippen LogP) is 3.24. The van der Waals surface area contributed by atoms with E-state index in [-0.39, 0.29) is 11.6 Å². The van der Waals surface area contributed by atoms with E-state index in [1.165, 1.54) is 25.0 Å². The number of rotatable bonds is 4. The van der Waals surface area contributed by atoms with Crippen molar-refractivity contribution < 1.29 is 9.18 Å². The van der Waals surface area contributed by atoms with E-state index in [0.29, 0.717) is 18.0 Å². The van der Waals surface area contributed by atoms with Crippen LogP contribution in [0, 0.1) is 12.7 Å². The van der Waals surface area contributed by atoms with Gasteiger partial charge in [-0.15, -0.1) is 0 Å². The van der Waals surface area contributed by atoms with E-state index in [2.05, 4.69) is 5.32 Å². The highest BCUT2D eigenvalue weighted by Crippen LogP contribution is 2.17. The topological polar surface area (TPSA) is 29.1 Å². The van der Waals surface area contributed by atoms with E-state index in [9.17, 15) is 9.18 Å². The van der Waals surface area contributed by atoms with Gasteiger partial charge in [-0.25, -0.2) is 4.39 Å². The Bertz CT molecular complexity index is 425. The highest BCUT2D eigenvalue weighted by Gasteiger charge is 2.16. The fourth-order valence-electron chi connectivity index (χ4n) is 2.51. The zero-order valence-electron chi connectivity index (χ0n) is 10.8. The summed E-state index contributed by atoms with van der Waals surface area (Å²) < 4.78 is 13.1. The lowest BCUT2D eigenvalue weighted by molar-refractivity contribution is 0.0973. The summed E-state index contributed by atoms with van der Waals surface area (Å²) in [6, 6.07) is 4.87. The Morgan fingerprint density at radius 3 is 3.00 bits per heavy atom. The Hall–Kier alpha value is -1.22. The normalized spacial score (nSPS) is 19.8. The molecule has 0 spiro atoms. The first-order valence-corrected chi connectivity index (χ1v) is 6.69. The molecule has 1 aliphatic rings. The van der Waals surface area contributed by atoms with Gasteiger partial charge < -0.3 is 5.32 Å². The van der Waals surface area contributed by atoms with Crippen LogP contribution in [0.4, 0.5) is 4.39 Å². The van der Waals surface area contributed by atoms with Crippen LogP contribution in [0.25, 0.3) is 0 Å². The molecule has 2 nitrogen and oxygen atoms in total. The lowest BCUT2D eigenvalue weighted by Gasteiger charge is -2.23. The monoisotopic (exact) mass is 249 g/mol. The van der Waals surface area contributed by atoms with E-state index in [0.717, 1.165) is 24.9 Å². The lowest BCUT2D eigenvalue weighted by Crippen LogP contribution is -2.34. The lowest BCUT2D eigenvalue weighted by atomic mass is 9.96. The Balaban J connectivity index is 1.92. The van der Waals surface area contributed by atoms with Crippen molar-refractivity contribution in [3.05, 3.63) is 35.1 Å². The van der Waals surface area contributed by atoms with Crippen molar-refractivity contribution in [3.63, 3.8) is 0 Å². The zero-order chi connectivity index (χ0) is 13.0. The van der Waals surface area contributed by atoms with Crippen molar-refractivity contribution in [2.24, 2.45) is 0 Å². The summed E-state index contributed by atoms with van der Waals surface area (Å²) in [4.78, 5) is 12.1. The van der Waals surface area contributed by atoms with E-state index < -0.39 is 0 Å². The van der Waals surface area contributed by atoms with Gasteiger partial charge in [0.25, 0.3) is 0 Å². The van der Waals surface area contributed by atoms with Crippen LogP contribution in [0.15, 0.2) is 18.2 Å². The Labute approximate surface area is 108 Å². The third-order valence-corrected chi connectivity index (χ3v) is 3.63. The van der Waals surface area contributed by atoms with Gasteiger partial charge in [-0.1, -0.05) is 12.5 Å². The minimum absolute atomic E-state index is 0.0550. The molecule has 1 aliphatic heterocycles. The molecule has 98 valence electrons. The molecule has 0 radical (unpaired) electrons. The predicted molar refractivity (Wildman–Crippen MR) is 70.3 cm³/mol. The fourth-order valence-corrected chi connectivity index (χ4v) is 2.51. The fraction of sp³-hybridized carbons (Fsp3) is 0.533. The first-order valence-electron chi connectivity index (χ1n) is 6.69. The minimum atomic E-state index is -0.334. The quantitative estimate of drug-likeness (QED) is 0.830. The largest absolute Gasteiger partial charge is 0.314 e. The van der Waals surface area contributed by atoms with Crippen molar-refractivity contribution in [3.8, 4) is 0 Å². The number of benzene rings is 1. The highest BCUT2D eigenvalue weighted by molar-refractivity contribution is 5.97. The number of halogens is 1. The van der Waals surface area contributed by atoms with Crippen LogP contribution in [0.1, 0.15) is 48.0 Å². The van der Waals surface area contributed by atoms with Crippen molar-refractivity contribution in [2.45, 2.75) is 45.1 Å². The number of nitrogens with one attached hydrogen (secondary N) is 1. The number of aryl methyl sites for hydroxylation is 1. The molecular weight excluding hydrogens is 229 g/mol. The molecule has 1 heterocycles. The Morgan fingerprint density at radius 2 is 2.28 bits per heavy atom. The molecular formula is C15H20FNO. The van der Waals surface area contributed by atoms with Crippen LogP contribution in [0.2, 0.25) is 0 Å². The van der Waals surface area contributed by atoms with Gasteiger partial charge in [-0.05, 0) is 50.4 Å². The number of Topliss-reactive ketones (excluding diaryl/α,β-unsaturated/α-hetero) is 1. The summed E-state index contributed by atoms with van der Waals surface area (Å²) in [5.41, 5.74) is 1.39. The molecule has 1 N–H and O–H groups in total. The summed E-state index contributed by atoms with van der Waals surface area (Å²) in [5.74, 6) is -0.279. The maximum absolute atomic E-state index is 13.1. The second-order valence-corrected chi connectivity index (χ2v) is 5.07. The molecule has 0 aliphatic carbocycles. The van der Waals surface area contributed by atoms with Crippen molar-refractivity contribution in [1.29, 1.82) is 0 Å². The van der Waals surface area contributed by atoms with Crippen LogP contribution in [0.3, 0.4) is 0 Å². The average molecular weight is 249 g/mol. The Kier molecular flexibility index (Phi) is 4.48. The molecule has 3 heteroatoms. The van der Waals surface area contributed by atoms with Crippen LogP contribution in [0.5, 0.6) is 0 Å². The van der Waals surface area contributed by atoms with Gasteiger partial charge in [0.2, 0.25) is 0 Å². The number of hydrogen-bond donors (Lipinski definition) is 1. The molecule has 2 rings (SSSR count). The van der Waals surface area contributed by atoms with Gasteiger partial charge in [0.1, 0.15) is 5.82 Å². The molecule has 0 aromatic heterocycles. The number of piperidine rings is 1. The van der Waals surface area contributed by atoms with Crippen molar-refractivity contribution >= 4 is 5.78 Å². The van der Waals surface area contributed by atoms with Crippen LogP contribution >= 0.6 is 0 Å². The third kappa shape index (κ3) is 3.39. The molecule has 0 saturated carbocycles. The number of hydrogen-bond acceptors (Lipinski definition) is 2. The summed E-state index contributed by atoms with van der Waals surface area (Å²) in [6.07, 6.45) is 4.98. The minimum Gasteiger partial charge on any atom is -0.314 e. The van der Waals surface area contributed by atoms with Crippen LogP contribution in [-0.2, 0) is 0 Å². The van der Waals surface area contributed by atoms with E-state index in [1.54, 1.807) is 6.07 Å². The second kappa shape index (κ2) is 6.10. The molecule has 1 atom stereocenters. The highest BCUT2D eigenvalue weighted by atomic mass is 19.1. The van der Waals surface area contributed by atoms with Gasteiger partial charge in [0.15, 0.2) is 5.78 Å². The maximum Gasteiger partial charge on any atom is 0.163 e. The standard InChI is InChI=1S/C15H20FNO/c1-11-5-6-12(16)10-14(11)15(18)8-7-13-4-2-3-9-17-13/h5-6,10,13,17H,2-4,7-9H2,1H3. The molecule has 0 amide bonds. The molecule has 1 fully saturated rings. The molecule has 0 bridgehead atoms. The van der Waals surface area contributed by atoms with E-state index >= 15 is 0 Å². The van der Waals surface area contributed by atoms with Crippen LogP contribution < -0.4 is 5.32 Å². The molecule has 1 aromatic rings. The molecule has 1 saturated heterocycles. The van der Waals surface area contributed by atoms with Gasteiger partial charge in [0, 0.05) is 18.0 Å². The van der Waals surface area contributed by atoms with E-state index in [4.69, 9.17) is 0 Å². The summed E-state index contributed by atoms with van der Waals surface area (Å²) in [6.45, 7) is 2.91. The summed E-state index contributed by atoms with van der Waals surface area (Å²) in [7, 11) is 0. The summed E-state index contributed by atoms with van der Waals surface area (Å²) >= 11 is 0. The average Bonchev–Trinajstić information content (AvgIpc) is 2.40. The summed E-state index contributed by atoms with van der Waals surface area (Å²) in [5, 5.41) is 3.43. The molecule has 1 unspecified atom stereocenters. The molecule has 1 aromatic carbocycles. The van der Waals surface area contributed by atoms with Crippen LogP contribution in [-0.4, -0.2) is 18.4 Å². The number of carbonyl (C=O) groups is 1. The third-order valence-electron chi connectivity index (χ3n) is 3.63. The van der Waals surface area contributed by atoms with Gasteiger partial charge in [-0.3, -0.25) is 4.79 Å². The van der Waals surface area contributed by atoms with E-state index in [1.807, 2.05) is 6.92 Å². The van der Waals surface area contributed by atoms with Gasteiger partial charge >= 0.3 is 0 Å². The number of ketones is 1.